The Balaban J connectivity index is 1.86. The molecule has 0 aromatic heterocycles. The van der Waals surface area contributed by atoms with E-state index in [4.69, 9.17) is 25.8 Å². The van der Waals surface area contributed by atoms with Gasteiger partial charge < -0.3 is 14.2 Å². The summed E-state index contributed by atoms with van der Waals surface area (Å²) in [5, 5.41) is 0.624. The Morgan fingerprint density at radius 3 is 2.42 bits per heavy atom. The van der Waals surface area contributed by atoms with Crippen LogP contribution in [0.4, 0.5) is 0 Å². The normalized spacial score (nSPS) is 18.5. The zero-order chi connectivity index (χ0) is 18.7. The Morgan fingerprint density at radius 1 is 1.08 bits per heavy atom. The quantitative estimate of drug-likeness (QED) is 0.775. The van der Waals surface area contributed by atoms with Crippen molar-refractivity contribution >= 4 is 21.6 Å². The molecule has 1 unspecified atom stereocenters. The van der Waals surface area contributed by atoms with Gasteiger partial charge in [-0.05, 0) is 29.8 Å². The van der Waals surface area contributed by atoms with Crippen molar-refractivity contribution in [1.82, 2.24) is 4.31 Å². The van der Waals surface area contributed by atoms with Crippen LogP contribution in [0, 0.1) is 0 Å². The molecule has 2 aromatic rings. The predicted molar refractivity (Wildman–Crippen MR) is 98.4 cm³/mol. The van der Waals surface area contributed by atoms with Crippen LogP contribution in [0.25, 0.3) is 0 Å². The van der Waals surface area contributed by atoms with Crippen LogP contribution in [-0.2, 0) is 14.8 Å². The van der Waals surface area contributed by atoms with Gasteiger partial charge in [-0.3, -0.25) is 0 Å². The molecule has 0 aliphatic carbocycles. The molecule has 6 nitrogen and oxygen atoms in total. The number of ether oxygens (including phenoxy) is 3. The maximum Gasteiger partial charge on any atom is 0.243 e. The standard InChI is InChI=1S/C18H20ClNO5S/c1-23-16-8-7-15(11-17(16)24-2)26(21,22)20-9-10-25-18(12-20)13-3-5-14(19)6-4-13/h3-8,11,18H,9-10,12H2,1-2H3. The van der Waals surface area contributed by atoms with Crippen molar-refractivity contribution in [2.24, 2.45) is 0 Å². The molecule has 0 amide bonds. The molecule has 2 aromatic carbocycles. The van der Waals surface area contributed by atoms with Crippen LogP contribution in [0.15, 0.2) is 47.4 Å². The van der Waals surface area contributed by atoms with Crippen LogP contribution in [0.2, 0.25) is 5.02 Å². The molecule has 26 heavy (non-hydrogen) atoms. The number of hydrogen-bond donors (Lipinski definition) is 0. The molecule has 0 spiro atoms. The van der Waals surface area contributed by atoms with Crippen molar-refractivity contribution in [3.05, 3.63) is 53.1 Å². The van der Waals surface area contributed by atoms with Crippen LogP contribution in [0.5, 0.6) is 11.5 Å². The largest absolute Gasteiger partial charge is 0.493 e. The average Bonchev–Trinajstić information content (AvgIpc) is 2.68. The molecule has 0 saturated carbocycles. The SMILES string of the molecule is COc1ccc(S(=O)(=O)N2CCOC(c3ccc(Cl)cc3)C2)cc1OC. The lowest BCUT2D eigenvalue weighted by atomic mass is 10.1. The second kappa shape index (κ2) is 7.84. The summed E-state index contributed by atoms with van der Waals surface area (Å²) in [7, 11) is -0.701. The lowest BCUT2D eigenvalue weighted by Crippen LogP contribution is -2.42. The van der Waals surface area contributed by atoms with Crippen molar-refractivity contribution in [2.45, 2.75) is 11.0 Å². The summed E-state index contributed by atoms with van der Waals surface area (Å²) in [6.45, 7) is 0.846. The molecule has 0 bridgehead atoms. The third-order valence-electron chi connectivity index (χ3n) is 4.26. The number of benzene rings is 2. The molecule has 1 aliphatic heterocycles. The summed E-state index contributed by atoms with van der Waals surface area (Å²) in [5.41, 5.74) is 0.890. The summed E-state index contributed by atoms with van der Waals surface area (Å²) in [5.74, 6) is 0.851. The van der Waals surface area contributed by atoms with Crippen LogP contribution in [0.3, 0.4) is 0 Å². The smallest absolute Gasteiger partial charge is 0.243 e. The van der Waals surface area contributed by atoms with Gasteiger partial charge in [0, 0.05) is 24.2 Å². The fourth-order valence-corrected chi connectivity index (χ4v) is 4.42. The van der Waals surface area contributed by atoms with Crippen molar-refractivity contribution in [3.63, 3.8) is 0 Å². The average molecular weight is 398 g/mol. The molecule has 1 heterocycles. The predicted octanol–water partition coefficient (Wildman–Crippen LogP) is 3.12. The van der Waals surface area contributed by atoms with E-state index in [0.717, 1.165) is 5.56 Å². The Labute approximate surface area is 158 Å². The van der Waals surface area contributed by atoms with Gasteiger partial charge in [0.2, 0.25) is 10.0 Å². The van der Waals surface area contributed by atoms with E-state index in [2.05, 4.69) is 0 Å². The molecular weight excluding hydrogens is 378 g/mol. The summed E-state index contributed by atoms with van der Waals surface area (Å²) < 4.78 is 43.6. The Hall–Kier alpha value is -1.80. The Bertz CT molecular complexity index is 870. The van der Waals surface area contributed by atoms with E-state index in [0.29, 0.717) is 29.7 Å². The molecule has 0 N–H and O–H groups in total. The second-order valence-electron chi connectivity index (χ2n) is 5.79. The third-order valence-corrected chi connectivity index (χ3v) is 6.38. The van der Waals surface area contributed by atoms with E-state index in [1.807, 2.05) is 12.1 Å². The number of halogens is 1. The van der Waals surface area contributed by atoms with Crippen molar-refractivity contribution in [1.29, 1.82) is 0 Å². The lowest BCUT2D eigenvalue weighted by Gasteiger charge is -2.32. The van der Waals surface area contributed by atoms with Gasteiger partial charge in [0.1, 0.15) is 0 Å². The second-order valence-corrected chi connectivity index (χ2v) is 8.17. The number of hydrogen-bond acceptors (Lipinski definition) is 5. The summed E-state index contributed by atoms with van der Waals surface area (Å²) in [6.07, 6.45) is -0.337. The van der Waals surface area contributed by atoms with Crippen LogP contribution >= 0.6 is 11.6 Å². The van der Waals surface area contributed by atoms with E-state index in [9.17, 15) is 8.42 Å². The molecule has 3 rings (SSSR count). The molecule has 140 valence electrons. The van der Waals surface area contributed by atoms with Gasteiger partial charge in [0.15, 0.2) is 11.5 Å². The van der Waals surface area contributed by atoms with Gasteiger partial charge in [-0.1, -0.05) is 23.7 Å². The van der Waals surface area contributed by atoms with Gasteiger partial charge >= 0.3 is 0 Å². The van der Waals surface area contributed by atoms with Crippen LogP contribution in [0.1, 0.15) is 11.7 Å². The fraction of sp³-hybridized carbons (Fsp3) is 0.333. The molecule has 8 heteroatoms. The highest BCUT2D eigenvalue weighted by atomic mass is 35.5. The first-order chi connectivity index (χ1) is 12.5. The highest BCUT2D eigenvalue weighted by molar-refractivity contribution is 7.89. The number of methoxy groups -OCH3 is 2. The van der Waals surface area contributed by atoms with Gasteiger partial charge in [0.25, 0.3) is 0 Å². The van der Waals surface area contributed by atoms with E-state index in [1.54, 1.807) is 18.2 Å². The zero-order valence-electron chi connectivity index (χ0n) is 14.5. The van der Waals surface area contributed by atoms with E-state index in [-0.39, 0.29) is 17.5 Å². The summed E-state index contributed by atoms with van der Waals surface area (Å²) in [4.78, 5) is 0.159. The van der Waals surface area contributed by atoms with Gasteiger partial charge in [-0.2, -0.15) is 4.31 Å². The Morgan fingerprint density at radius 2 is 1.77 bits per heavy atom. The minimum absolute atomic E-state index is 0.159. The maximum absolute atomic E-state index is 13.0. The third kappa shape index (κ3) is 3.81. The van der Waals surface area contributed by atoms with E-state index >= 15 is 0 Å². The number of nitrogens with zero attached hydrogens (tertiary/aromatic N) is 1. The van der Waals surface area contributed by atoms with Gasteiger partial charge in [-0.15, -0.1) is 0 Å². The Kier molecular flexibility index (Phi) is 5.72. The minimum Gasteiger partial charge on any atom is -0.493 e. The van der Waals surface area contributed by atoms with E-state index < -0.39 is 10.0 Å². The van der Waals surface area contributed by atoms with E-state index in [1.165, 1.54) is 30.7 Å². The van der Waals surface area contributed by atoms with Crippen LogP contribution < -0.4 is 9.47 Å². The van der Waals surface area contributed by atoms with Gasteiger partial charge in [0.05, 0.1) is 31.8 Å². The summed E-state index contributed by atoms with van der Waals surface area (Å²) in [6, 6.07) is 11.8. The highest BCUT2D eigenvalue weighted by Crippen LogP contribution is 2.32. The molecule has 1 aliphatic rings. The number of sulfonamides is 1. The fourth-order valence-electron chi connectivity index (χ4n) is 2.85. The number of rotatable bonds is 5. The van der Waals surface area contributed by atoms with Crippen molar-refractivity contribution < 1.29 is 22.6 Å². The molecular formula is C18H20ClNO5S. The molecule has 0 radical (unpaired) electrons. The number of morpholine rings is 1. The van der Waals surface area contributed by atoms with Crippen molar-refractivity contribution in [3.8, 4) is 11.5 Å². The maximum atomic E-state index is 13.0. The first-order valence-corrected chi connectivity index (χ1v) is 9.86. The highest BCUT2D eigenvalue weighted by Gasteiger charge is 2.32. The minimum atomic E-state index is -3.68. The first kappa shape index (κ1) is 19.0. The molecule has 1 fully saturated rings. The van der Waals surface area contributed by atoms with Crippen LogP contribution in [-0.4, -0.2) is 46.6 Å². The van der Waals surface area contributed by atoms with Gasteiger partial charge in [-0.25, -0.2) is 8.42 Å². The monoisotopic (exact) mass is 397 g/mol. The summed E-state index contributed by atoms with van der Waals surface area (Å²) >= 11 is 5.92. The zero-order valence-corrected chi connectivity index (χ0v) is 16.1. The molecule has 1 saturated heterocycles. The first-order valence-electron chi connectivity index (χ1n) is 8.05. The lowest BCUT2D eigenvalue weighted by molar-refractivity contribution is -0.00255. The van der Waals surface area contributed by atoms with Crippen molar-refractivity contribution in [2.75, 3.05) is 33.9 Å². The molecule has 1 atom stereocenters. The topological polar surface area (TPSA) is 65.1 Å².